The highest BCUT2D eigenvalue weighted by Gasteiger charge is 2.27. The SMILES string of the molecule is CCC/C=C\CCCCCCCC/C=C/[C@@H](O)[C@H](COP(=O)([O-])OCC[N+](C)(C)C)NC(=O)CCC/C=C\C[C@H]1C=CC(=O)[C@@H]1/C=C/[C@@H](O)CCCCC. The number of aliphatic hydroxyl groups is 2. The summed E-state index contributed by atoms with van der Waals surface area (Å²) in [7, 11) is 1.12. The molecule has 0 aromatic heterocycles. The number of phosphoric acid groups is 1. The van der Waals surface area contributed by atoms with Gasteiger partial charge in [-0.3, -0.25) is 14.2 Å². The second-order valence-corrected chi connectivity index (χ2v) is 17.1. The minimum atomic E-state index is -4.64. The zero-order chi connectivity index (χ0) is 40.1. The van der Waals surface area contributed by atoms with Crippen LogP contribution in [0.1, 0.15) is 129 Å². The van der Waals surface area contributed by atoms with Gasteiger partial charge in [-0.05, 0) is 69.8 Å². The lowest BCUT2D eigenvalue weighted by Crippen LogP contribution is -2.45. The van der Waals surface area contributed by atoms with E-state index < -0.39 is 32.7 Å². The first-order valence-electron chi connectivity index (χ1n) is 20.7. The van der Waals surface area contributed by atoms with Gasteiger partial charge in [-0.2, -0.15) is 0 Å². The number of carbonyl (C=O) groups excluding carboxylic acids is 2. The largest absolute Gasteiger partial charge is 0.756 e. The molecule has 6 atom stereocenters. The Bertz CT molecular complexity index is 1210. The minimum Gasteiger partial charge on any atom is -0.756 e. The van der Waals surface area contributed by atoms with Crippen molar-refractivity contribution in [2.45, 2.75) is 148 Å². The van der Waals surface area contributed by atoms with Crippen LogP contribution in [0.15, 0.2) is 60.8 Å². The number of nitrogens with one attached hydrogen (secondary N) is 1. The molecule has 0 saturated heterocycles. The van der Waals surface area contributed by atoms with E-state index in [4.69, 9.17) is 9.05 Å². The Labute approximate surface area is 328 Å². The minimum absolute atomic E-state index is 0.0349. The molecule has 1 rings (SSSR count). The van der Waals surface area contributed by atoms with Gasteiger partial charge in [-0.15, -0.1) is 0 Å². The van der Waals surface area contributed by atoms with Crippen LogP contribution in [0.4, 0.5) is 0 Å². The maximum atomic E-state index is 12.9. The predicted octanol–water partition coefficient (Wildman–Crippen LogP) is 8.06. The lowest BCUT2D eigenvalue weighted by atomic mass is 9.90. The highest BCUT2D eigenvalue weighted by molar-refractivity contribution is 7.45. The van der Waals surface area contributed by atoms with Crippen molar-refractivity contribution >= 4 is 19.5 Å². The van der Waals surface area contributed by atoms with Gasteiger partial charge in [0.05, 0.1) is 46.0 Å². The number of rotatable bonds is 33. The summed E-state index contributed by atoms with van der Waals surface area (Å²) in [4.78, 5) is 37.7. The van der Waals surface area contributed by atoms with Crippen LogP contribution in [0, 0.1) is 11.8 Å². The molecule has 1 unspecified atom stereocenters. The van der Waals surface area contributed by atoms with E-state index in [9.17, 15) is 29.3 Å². The van der Waals surface area contributed by atoms with Crippen LogP contribution in [-0.2, 0) is 23.2 Å². The number of aliphatic hydroxyl groups excluding tert-OH is 2. The fourth-order valence-corrected chi connectivity index (χ4v) is 6.69. The number of hydrogen-bond acceptors (Lipinski definition) is 8. The van der Waals surface area contributed by atoms with Gasteiger partial charge in [-0.25, -0.2) is 0 Å². The average molecular weight is 779 g/mol. The molecule has 0 fully saturated rings. The summed E-state index contributed by atoms with van der Waals surface area (Å²) < 4.78 is 23.1. The van der Waals surface area contributed by atoms with Crippen molar-refractivity contribution in [2.75, 3.05) is 40.9 Å². The zero-order valence-corrected chi connectivity index (χ0v) is 35.1. The normalized spacial score (nSPS) is 19.4. The lowest BCUT2D eigenvalue weighted by Gasteiger charge is -2.29. The maximum absolute atomic E-state index is 12.9. The van der Waals surface area contributed by atoms with Gasteiger partial charge < -0.3 is 34.0 Å². The Kier molecular flexibility index (Phi) is 27.7. The van der Waals surface area contributed by atoms with Crippen molar-refractivity contribution in [3.63, 3.8) is 0 Å². The molecule has 0 aliphatic heterocycles. The first kappa shape index (κ1) is 49.8. The van der Waals surface area contributed by atoms with Crippen molar-refractivity contribution in [3.05, 3.63) is 60.8 Å². The van der Waals surface area contributed by atoms with Gasteiger partial charge in [0.15, 0.2) is 5.78 Å². The Hall–Kier alpha value is -2.17. The van der Waals surface area contributed by atoms with E-state index in [1.807, 2.05) is 51.5 Å². The van der Waals surface area contributed by atoms with E-state index in [0.717, 1.165) is 51.4 Å². The molecule has 0 radical (unpaired) electrons. The van der Waals surface area contributed by atoms with Crippen LogP contribution in [0.5, 0.6) is 0 Å². The molecule has 1 aliphatic carbocycles. The summed E-state index contributed by atoms with van der Waals surface area (Å²) in [5.41, 5.74) is 0. The Balaban J connectivity index is 2.58. The fraction of sp³-hybridized carbons (Fsp3) is 0.721. The number of nitrogens with zero attached hydrogens (tertiary/aromatic N) is 1. The Morgan fingerprint density at radius 2 is 1.52 bits per heavy atom. The van der Waals surface area contributed by atoms with Crippen molar-refractivity contribution in [2.24, 2.45) is 11.8 Å². The Morgan fingerprint density at radius 3 is 2.20 bits per heavy atom. The molecule has 11 heteroatoms. The van der Waals surface area contributed by atoms with Crippen LogP contribution in [0.3, 0.4) is 0 Å². The van der Waals surface area contributed by atoms with Crippen molar-refractivity contribution in [1.82, 2.24) is 5.32 Å². The van der Waals surface area contributed by atoms with Crippen LogP contribution in [0.25, 0.3) is 0 Å². The number of hydrogen-bond donors (Lipinski definition) is 3. The number of likely N-dealkylation sites (N-methyl/N-ethyl adjacent to an activating group) is 1. The number of allylic oxidation sites excluding steroid dienone is 8. The van der Waals surface area contributed by atoms with Gasteiger partial charge in [0.1, 0.15) is 13.2 Å². The number of amides is 1. The third kappa shape index (κ3) is 26.6. The molecule has 0 spiro atoms. The summed E-state index contributed by atoms with van der Waals surface area (Å²) in [6.45, 7) is 4.28. The van der Waals surface area contributed by atoms with Crippen molar-refractivity contribution < 1.29 is 42.8 Å². The predicted molar refractivity (Wildman–Crippen MR) is 218 cm³/mol. The summed E-state index contributed by atoms with van der Waals surface area (Å²) >= 11 is 0. The number of carbonyl (C=O) groups is 2. The highest BCUT2D eigenvalue weighted by atomic mass is 31.2. The van der Waals surface area contributed by atoms with Gasteiger partial charge in [-0.1, -0.05) is 120 Å². The average Bonchev–Trinajstić information content (AvgIpc) is 3.46. The van der Waals surface area contributed by atoms with E-state index in [1.54, 1.807) is 18.2 Å². The number of quaternary nitrogens is 1. The van der Waals surface area contributed by atoms with Crippen molar-refractivity contribution in [1.29, 1.82) is 0 Å². The molecule has 0 saturated carbocycles. The van der Waals surface area contributed by atoms with Crippen LogP contribution >= 0.6 is 7.82 Å². The molecule has 1 aliphatic rings. The molecule has 0 aromatic carbocycles. The van der Waals surface area contributed by atoms with Gasteiger partial charge in [0.2, 0.25) is 5.91 Å². The summed E-state index contributed by atoms with van der Waals surface area (Å²) in [5.74, 6) is -0.503. The second kappa shape index (κ2) is 30.0. The number of phosphoric ester groups is 1. The molecule has 1 amide bonds. The van der Waals surface area contributed by atoms with Gasteiger partial charge in [0.25, 0.3) is 7.82 Å². The van der Waals surface area contributed by atoms with Crippen LogP contribution in [0.2, 0.25) is 0 Å². The topological polar surface area (TPSA) is 145 Å². The van der Waals surface area contributed by atoms with Gasteiger partial charge in [0, 0.05) is 12.3 Å². The standard InChI is InChI=1S/C43H75N2O8P/c1-6-8-10-11-12-13-14-15-16-17-18-19-24-28-42(48)40(36-53-54(50,51)52-35-34-45(3,4)5)44-43(49)29-25-21-20-23-26-37-30-33-41(47)39(37)32-31-38(46)27-22-9-7-2/h10-11,20,23-24,28,30-33,37-40,42,46,48H,6-9,12-19,21-22,25-27,29,34-36H2,1-5H3,(H-,44,49,50,51)/b11-10-,23-20-,28-24+,32-31+/t37-,38-,39+,40-,42+/m0/s1. The number of unbranched alkanes of at least 4 members (excludes halogenated alkanes) is 11. The summed E-state index contributed by atoms with van der Waals surface area (Å²) in [5, 5.41) is 23.9. The summed E-state index contributed by atoms with van der Waals surface area (Å²) in [6, 6.07) is -0.971. The molecular weight excluding hydrogens is 703 g/mol. The maximum Gasteiger partial charge on any atom is 0.268 e. The van der Waals surface area contributed by atoms with E-state index >= 15 is 0 Å². The van der Waals surface area contributed by atoms with E-state index in [-0.39, 0.29) is 36.6 Å². The van der Waals surface area contributed by atoms with Crippen LogP contribution in [-0.4, -0.2) is 85.5 Å². The molecule has 3 N–H and O–H groups in total. The summed E-state index contributed by atoms with van der Waals surface area (Å²) in [6.07, 6.45) is 34.6. The van der Waals surface area contributed by atoms with E-state index in [1.165, 1.54) is 32.1 Å². The number of ketones is 1. The van der Waals surface area contributed by atoms with Gasteiger partial charge >= 0.3 is 0 Å². The quantitative estimate of drug-likeness (QED) is 0.0263. The molecular formula is C43H75N2O8P. The molecule has 0 aromatic rings. The first-order valence-corrected chi connectivity index (χ1v) is 22.2. The van der Waals surface area contributed by atoms with E-state index in [2.05, 4.69) is 31.3 Å². The van der Waals surface area contributed by atoms with Crippen LogP contribution < -0.4 is 10.2 Å². The first-order chi connectivity index (χ1) is 25.8. The second-order valence-electron chi connectivity index (χ2n) is 15.6. The molecule has 54 heavy (non-hydrogen) atoms. The van der Waals surface area contributed by atoms with E-state index in [0.29, 0.717) is 36.7 Å². The molecule has 310 valence electrons. The molecule has 0 heterocycles. The third-order valence-electron chi connectivity index (χ3n) is 9.42. The lowest BCUT2D eigenvalue weighted by molar-refractivity contribution is -0.870. The smallest absolute Gasteiger partial charge is 0.268 e. The third-order valence-corrected chi connectivity index (χ3v) is 10.4. The van der Waals surface area contributed by atoms with Crippen molar-refractivity contribution in [3.8, 4) is 0 Å². The zero-order valence-electron chi connectivity index (χ0n) is 34.2. The molecule has 0 bridgehead atoms. The molecule has 10 nitrogen and oxygen atoms in total. The Morgan fingerprint density at radius 1 is 0.870 bits per heavy atom. The highest BCUT2D eigenvalue weighted by Crippen LogP contribution is 2.38. The monoisotopic (exact) mass is 779 g/mol. The fourth-order valence-electron chi connectivity index (χ4n) is 5.97.